The van der Waals surface area contributed by atoms with Gasteiger partial charge in [-0.05, 0) is 42.7 Å². The number of ether oxygens (including phenoxy) is 2. The highest BCUT2D eigenvalue weighted by molar-refractivity contribution is 5.97. The summed E-state index contributed by atoms with van der Waals surface area (Å²) in [7, 11) is 1.57. The van der Waals surface area contributed by atoms with Crippen LogP contribution in [0.2, 0.25) is 0 Å². The quantitative estimate of drug-likeness (QED) is 0.818. The second-order valence-electron chi connectivity index (χ2n) is 6.95. The number of benzene rings is 2. The maximum atomic E-state index is 13.2. The number of cyclic esters (lactones) is 1. The smallest absolute Gasteiger partial charge is 0.414 e. The number of anilines is 1. The first kappa shape index (κ1) is 17.4. The highest BCUT2D eigenvalue weighted by Gasteiger charge is 2.38. The summed E-state index contributed by atoms with van der Waals surface area (Å²) in [5.74, 6) is 0.493. The molecule has 0 aliphatic carbocycles. The lowest BCUT2D eigenvalue weighted by molar-refractivity contribution is 0.0731. The van der Waals surface area contributed by atoms with Crippen LogP contribution in [-0.2, 0) is 11.3 Å². The number of fused-ring (bicyclic) bond motifs is 3. The van der Waals surface area contributed by atoms with Crippen molar-refractivity contribution < 1.29 is 19.1 Å². The molecule has 1 unspecified atom stereocenters. The van der Waals surface area contributed by atoms with Crippen LogP contribution in [0, 0.1) is 6.92 Å². The number of rotatable bonds is 2. The lowest BCUT2D eigenvalue weighted by Gasteiger charge is -2.32. The van der Waals surface area contributed by atoms with Crippen LogP contribution >= 0.6 is 0 Å². The normalized spacial score (nSPS) is 18.9. The van der Waals surface area contributed by atoms with Crippen molar-refractivity contribution in [1.29, 1.82) is 0 Å². The van der Waals surface area contributed by atoms with Gasteiger partial charge < -0.3 is 14.4 Å². The van der Waals surface area contributed by atoms with Gasteiger partial charge in [0.05, 0.1) is 24.4 Å². The van der Waals surface area contributed by atoms with Crippen LogP contribution in [0.15, 0.2) is 42.5 Å². The Kier molecular flexibility index (Phi) is 4.48. The van der Waals surface area contributed by atoms with Gasteiger partial charge >= 0.3 is 6.09 Å². The van der Waals surface area contributed by atoms with E-state index in [-0.39, 0.29) is 18.0 Å². The van der Waals surface area contributed by atoms with E-state index in [4.69, 9.17) is 9.47 Å². The molecule has 0 saturated carbocycles. The fourth-order valence-electron chi connectivity index (χ4n) is 3.75. The maximum absolute atomic E-state index is 13.2. The molecule has 0 bridgehead atoms. The second kappa shape index (κ2) is 6.95. The van der Waals surface area contributed by atoms with E-state index in [9.17, 15) is 9.59 Å². The number of carbonyl (C=O) groups is 2. The Morgan fingerprint density at radius 1 is 1.22 bits per heavy atom. The minimum Gasteiger partial charge on any atom is -0.496 e. The fraction of sp³-hybridized carbons (Fsp3) is 0.333. The Balaban J connectivity index is 1.72. The number of hydrogen-bond donors (Lipinski definition) is 0. The number of nitrogens with zero attached hydrogens (tertiary/aromatic N) is 2. The number of methoxy groups -OCH3 is 1. The molecule has 2 aromatic rings. The van der Waals surface area contributed by atoms with Gasteiger partial charge in [-0.15, -0.1) is 0 Å². The molecule has 140 valence electrons. The van der Waals surface area contributed by atoms with E-state index < -0.39 is 0 Å². The van der Waals surface area contributed by atoms with Gasteiger partial charge in [-0.1, -0.05) is 24.3 Å². The highest BCUT2D eigenvalue weighted by Crippen LogP contribution is 2.33. The monoisotopic (exact) mass is 366 g/mol. The van der Waals surface area contributed by atoms with Gasteiger partial charge in [0.15, 0.2) is 0 Å². The van der Waals surface area contributed by atoms with Gasteiger partial charge in [0.25, 0.3) is 5.91 Å². The van der Waals surface area contributed by atoms with Crippen LogP contribution in [0.25, 0.3) is 0 Å². The van der Waals surface area contributed by atoms with Crippen molar-refractivity contribution in [2.75, 3.05) is 25.2 Å². The third-order valence-corrected chi connectivity index (χ3v) is 5.18. The summed E-state index contributed by atoms with van der Waals surface area (Å²) >= 11 is 0. The number of hydrogen-bond acceptors (Lipinski definition) is 4. The van der Waals surface area contributed by atoms with Crippen LogP contribution in [0.1, 0.15) is 27.9 Å². The summed E-state index contributed by atoms with van der Waals surface area (Å²) in [4.78, 5) is 29.1. The first-order chi connectivity index (χ1) is 13.1. The van der Waals surface area contributed by atoms with Crippen molar-refractivity contribution in [3.8, 4) is 5.75 Å². The third-order valence-electron chi connectivity index (χ3n) is 5.18. The van der Waals surface area contributed by atoms with Crippen molar-refractivity contribution in [2.45, 2.75) is 25.9 Å². The summed E-state index contributed by atoms with van der Waals surface area (Å²) in [6.45, 7) is 3.32. The van der Waals surface area contributed by atoms with Crippen molar-refractivity contribution in [2.24, 2.45) is 0 Å². The first-order valence-corrected chi connectivity index (χ1v) is 9.06. The Morgan fingerprint density at radius 2 is 2.04 bits per heavy atom. The van der Waals surface area contributed by atoms with Gasteiger partial charge in [-0.3, -0.25) is 9.69 Å². The van der Waals surface area contributed by atoms with Crippen LogP contribution in [0.4, 0.5) is 10.5 Å². The highest BCUT2D eigenvalue weighted by atomic mass is 16.6. The molecule has 0 aromatic heterocycles. The molecule has 2 aromatic carbocycles. The van der Waals surface area contributed by atoms with Crippen molar-refractivity contribution in [3.05, 3.63) is 59.2 Å². The molecule has 4 rings (SSSR count). The van der Waals surface area contributed by atoms with E-state index in [1.54, 1.807) is 24.1 Å². The van der Waals surface area contributed by atoms with E-state index in [1.807, 2.05) is 42.2 Å². The van der Waals surface area contributed by atoms with Gasteiger partial charge in [-0.25, -0.2) is 4.79 Å². The van der Waals surface area contributed by atoms with E-state index in [2.05, 4.69) is 0 Å². The maximum Gasteiger partial charge on any atom is 0.414 e. The van der Waals surface area contributed by atoms with Crippen molar-refractivity contribution in [1.82, 2.24) is 4.90 Å². The molecule has 2 amide bonds. The fourth-order valence-corrected chi connectivity index (χ4v) is 3.75. The van der Waals surface area contributed by atoms with Crippen molar-refractivity contribution in [3.63, 3.8) is 0 Å². The Hall–Kier alpha value is -3.02. The Labute approximate surface area is 158 Å². The van der Waals surface area contributed by atoms with Crippen LogP contribution in [0.5, 0.6) is 5.75 Å². The minimum absolute atomic E-state index is 0.0636. The molecular formula is C21H22N2O4. The molecule has 0 radical (unpaired) electrons. The van der Waals surface area contributed by atoms with Gasteiger partial charge in [0.1, 0.15) is 12.4 Å². The zero-order valence-electron chi connectivity index (χ0n) is 15.5. The molecule has 1 saturated heterocycles. The summed E-state index contributed by atoms with van der Waals surface area (Å²) in [6, 6.07) is 13.2. The van der Waals surface area contributed by atoms with E-state index in [1.165, 1.54) is 0 Å². The Bertz CT molecular complexity index is 896. The van der Waals surface area contributed by atoms with E-state index >= 15 is 0 Å². The summed E-state index contributed by atoms with van der Waals surface area (Å²) in [5.41, 5.74) is 3.38. The molecule has 1 fully saturated rings. The van der Waals surface area contributed by atoms with Crippen LogP contribution in [-0.4, -0.2) is 43.2 Å². The zero-order chi connectivity index (χ0) is 19.0. The predicted molar refractivity (Wildman–Crippen MR) is 101 cm³/mol. The van der Waals surface area contributed by atoms with Gasteiger partial charge in [0, 0.05) is 13.1 Å². The molecule has 2 aliphatic rings. The van der Waals surface area contributed by atoms with Crippen LogP contribution in [0.3, 0.4) is 0 Å². The van der Waals surface area contributed by atoms with Crippen molar-refractivity contribution >= 4 is 17.7 Å². The average Bonchev–Trinajstić information content (AvgIpc) is 3.03. The molecule has 0 N–H and O–H groups in total. The van der Waals surface area contributed by atoms with E-state index in [0.717, 1.165) is 16.8 Å². The molecule has 0 spiro atoms. The summed E-state index contributed by atoms with van der Waals surface area (Å²) in [6.07, 6.45) is 0.358. The minimum atomic E-state index is -0.309. The largest absolute Gasteiger partial charge is 0.496 e. The summed E-state index contributed by atoms with van der Waals surface area (Å²) < 4.78 is 10.6. The van der Waals surface area contributed by atoms with Gasteiger partial charge in [-0.2, -0.15) is 0 Å². The summed E-state index contributed by atoms with van der Waals surface area (Å²) in [5, 5.41) is 0. The molecule has 1 atom stereocenters. The number of amides is 2. The lowest BCUT2D eigenvalue weighted by atomic mass is 10.0. The zero-order valence-corrected chi connectivity index (χ0v) is 15.5. The number of carbonyl (C=O) groups excluding carboxylic acids is 2. The average molecular weight is 366 g/mol. The molecule has 2 heterocycles. The molecule has 27 heavy (non-hydrogen) atoms. The second-order valence-corrected chi connectivity index (χ2v) is 6.95. The third kappa shape index (κ3) is 3.12. The van der Waals surface area contributed by atoms with Crippen LogP contribution < -0.4 is 9.64 Å². The predicted octanol–water partition coefficient (Wildman–Crippen LogP) is 3.37. The molecule has 6 heteroatoms. The lowest BCUT2D eigenvalue weighted by Crippen LogP contribution is -2.42. The SMILES string of the molecule is COc1ccccc1C(=O)N1CCC2COC(=O)N2c2cc(C)ccc2C1. The molecule has 2 aliphatic heterocycles. The van der Waals surface area contributed by atoms with E-state index in [0.29, 0.717) is 37.4 Å². The Morgan fingerprint density at radius 3 is 2.85 bits per heavy atom. The van der Waals surface area contributed by atoms with Gasteiger partial charge in [0.2, 0.25) is 0 Å². The topological polar surface area (TPSA) is 59.1 Å². The molecule has 6 nitrogen and oxygen atoms in total. The molecular weight excluding hydrogens is 344 g/mol. The first-order valence-electron chi connectivity index (χ1n) is 9.06. The number of aryl methyl sites for hydroxylation is 1. The number of para-hydroxylation sites is 1. The standard InChI is InChI=1S/C21H22N2O4/c1-14-7-8-15-12-22(20(24)17-5-3-4-6-19(17)26-2)10-9-16-13-27-21(25)23(16)18(15)11-14/h3-8,11,16H,9-10,12-13H2,1-2H3.